The summed E-state index contributed by atoms with van der Waals surface area (Å²) in [5, 5.41) is 3.58. The highest BCUT2D eigenvalue weighted by atomic mass is 16.5. The van der Waals surface area contributed by atoms with Gasteiger partial charge in [-0.1, -0.05) is 13.3 Å². The van der Waals surface area contributed by atoms with Gasteiger partial charge in [0.25, 0.3) is 0 Å². The van der Waals surface area contributed by atoms with Crippen molar-refractivity contribution >= 4 is 0 Å². The van der Waals surface area contributed by atoms with Gasteiger partial charge in [-0.2, -0.15) is 0 Å². The minimum Gasteiger partial charge on any atom is -0.497 e. The number of nitrogens with one attached hydrogen (secondary N) is 1. The zero-order chi connectivity index (χ0) is 10.6. The van der Waals surface area contributed by atoms with Crippen LogP contribution in [-0.4, -0.2) is 19.2 Å². The molecule has 1 heterocycles. The first-order valence-electron chi connectivity index (χ1n) is 6.36. The molecule has 0 aromatic heterocycles. The summed E-state index contributed by atoms with van der Waals surface area (Å²) in [4.78, 5) is 0. The molecule has 0 radical (unpaired) electrons. The zero-order valence-electron chi connectivity index (χ0n) is 9.80. The maximum atomic E-state index is 5.53. The molecule has 86 valence electrons. The third-order valence-electron chi connectivity index (χ3n) is 3.63. The van der Waals surface area contributed by atoms with E-state index >= 15 is 0 Å². The van der Waals surface area contributed by atoms with Crippen molar-refractivity contribution in [2.45, 2.75) is 51.6 Å². The summed E-state index contributed by atoms with van der Waals surface area (Å²) in [6.45, 7) is 4.51. The lowest BCUT2D eigenvalue weighted by Crippen LogP contribution is -2.33. The number of hydrogen-bond donors (Lipinski definition) is 1. The number of allylic oxidation sites excluding steroid dienone is 1. The molecule has 0 amide bonds. The van der Waals surface area contributed by atoms with E-state index in [4.69, 9.17) is 4.74 Å². The van der Waals surface area contributed by atoms with E-state index in [-0.39, 0.29) is 0 Å². The lowest BCUT2D eigenvalue weighted by atomic mass is 10.0. The molecular formula is C13H23NO. The molecule has 0 saturated heterocycles. The lowest BCUT2D eigenvalue weighted by Gasteiger charge is -2.21. The highest BCUT2D eigenvalue weighted by Crippen LogP contribution is 2.48. The topological polar surface area (TPSA) is 21.3 Å². The minimum atomic E-state index is 0.410. The molecule has 2 nitrogen and oxygen atoms in total. The maximum absolute atomic E-state index is 5.53. The number of hydrogen-bond acceptors (Lipinski definition) is 2. The molecule has 1 aliphatic heterocycles. The van der Waals surface area contributed by atoms with Crippen molar-refractivity contribution in [3.05, 3.63) is 12.3 Å². The fourth-order valence-corrected chi connectivity index (χ4v) is 2.46. The third-order valence-corrected chi connectivity index (χ3v) is 3.63. The van der Waals surface area contributed by atoms with E-state index in [1.165, 1.54) is 45.1 Å². The second-order valence-corrected chi connectivity index (χ2v) is 5.09. The van der Waals surface area contributed by atoms with Gasteiger partial charge in [-0.05, 0) is 43.6 Å². The Kier molecular flexibility index (Phi) is 3.68. The average Bonchev–Trinajstić information content (AvgIpc) is 3.00. The molecule has 0 aromatic carbocycles. The third kappa shape index (κ3) is 3.23. The largest absolute Gasteiger partial charge is 0.497 e. The van der Waals surface area contributed by atoms with Crippen molar-refractivity contribution in [3.63, 3.8) is 0 Å². The van der Waals surface area contributed by atoms with E-state index < -0.39 is 0 Å². The molecule has 0 aromatic rings. The van der Waals surface area contributed by atoms with Gasteiger partial charge < -0.3 is 10.1 Å². The molecule has 1 atom stereocenters. The fraction of sp³-hybridized carbons (Fsp3) is 0.846. The Morgan fingerprint density at radius 3 is 2.93 bits per heavy atom. The fourth-order valence-electron chi connectivity index (χ4n) is 2.46. The summed E-state index contributed by atoms with van der Waals surface area (Å²) >= 11 is 0. The van der Waals surface area contributed by atoms with Crippen LogP contribution in [0.25, 0.3) is 0 Å². The average molecular weight is 209 g/mol. The van der Waals surface area contributed by atoms with Crippen LogP contribution in [0.5, 0.6) is 0 Å². The Labute approximate surface area is 93.1 Å². The van der Waals surface area contributed by atoms with E-state index in [0.717, 1.165) is 6.54 Å². The summed E-state index contributed by atoms with van der Waals surface area (Å²) in [6.07, 6.45) is 12.3. The normalized spacial score (nSPS) is 27.4. The molecule has 1 fully saturated rings. The van der Waals surface area contributed by atoms with E-state index in [1.807, 2.05) is 6.26 Å². The van der Waals surface area contributed by atoms with Crippen molar-refractivity contribution in [2.75, 3.05) is 13.1 Å². The molecule has 1 saturated carbocycles. The lowest BCUT2D eigenvalue weighted by molar-refractivity contribution is 0.120. The van der Waals surface area contributed by atoms with Crippen molar-refractivity contribution in [3.8, 4) is 0 Å². The van der Waals surface area contributed by atoms with Crippen LogP contribution in [0, 0.1) is 5.41 Å². The summed E-state index contributed by atoms with van der Waals surface area (Å²) in [7, 11) is 0. The molecule has 2 aliphatic rings. The van der Waals surface area contributed by atoms with E-state index in [0.29, 0.717) is 11.5 Å². The monoisotopic (exact) mass is 209 g/mol. The summed E-state index contributed by atoms with van der Waals surface area (Å²) in [6, 6.07) is 0. The quantitative estimate of drug-likeness (QED) is 0.726. The van der Waals surface area contributed by atoms with Crippen LogP contribution >= 0.6 is 0 Å². The summed E-state index contributed by atoms with van der Waals surface area (Å²) in [5.41, 5.74) is 0.666. The first-order valence-corrected chi connectivity index (χ1v) is 6.36. The molecule has 2 rings (SSSR count). The summed E-state index contributed by atoms with van der Waals surface area (Å²) in [5.74, 6) is 0. The van der Waals surface area contributed by atoms with Crippen LogP contribution in [-0.2, 0) is 4.74 Å². The van der Waals surface area contributed by atoms with Gasteiger partial charge in [0.2, 0.25) is 0 Å². The Balaban J connectivity index is 1.60. The molecule has 0 spiro atoms. The highest BCUT2D eigenvalue weighted by molar-refractivity contribution is 4.94. The van der Waals surface area contributed by atoms with Gasteiger partial charge in [-0.3, -0.25) is 0 Å². The SMILES string of the molecule is CCCC1(CNCC2CCC=CO2)CC1. The van der Waals surface area contributed by atoms with Gasteiger partial charge in [0.15, 0.2) is 0 Å². The predicted octanol–water partition coefficient (Wildman–Crippen LogP) is 2.85. The van der Waals surface area contributed by atoms with Crippen LogP contribution in [0.3, 0.4) is 0 Å². The molecular weight excluding hydrogens is 186 g/mol. The van der Waals surface area contributed by atoms with Gasteiger partial charge in [0.05, 0.1) is 6.26 Å². The van der Waals surface area contributed by atoms with Crippen LogP contribution in [0.2, 0.25) is 0 Å². The Bertz CT molecular complexity index is 221. The van der Waals surface area contributed by atoms with Gasteiger partial charge in [-0.15, -0.1) is 0 Å². The molecule has 1 unspecified atom stereocenters. The number of ether oxygens (including phenoxy) is 1. The van der Waals surface area contributed by atoms with Gasteiger partial charge in [-0.25, -0.2) is 0 Å². The smallest absolute Gasteiger partial charge is 0.110 e. The van der Waals surface area contributed by atoms with Crippen LogP contribution in [0.4, 0.5) is 0 Å². The van der Waals surface area contributed by atoms with Gasteiger partial charge in [0, 0.05) is 13.1 Å². The van der Waals surface area contributed by atoms with E-state index in [1.54, 1.807) is 0 Å². The highest BCUT2D eigenvalue weighted by Gasteiger charge is 2.40. The summed E-state index contributed by atoms with van der Waals surface area (Å²) < 4.78 is 5.53. The standard InChI is InChI=1S/C13H23NO/c1-2-6-13(7-8-13)11-14-10-12-5-3-4-9-15-12/h4,9,12,14H,2-3,5-8,10-11H2,1H3. The van der Waals surface area contributed by atoms with E-state index in [2.05, 4.69) is 18.3 Å². The maximum Gasteiger partial charge on any atom is 0.110 e. The zero-order valence-corrected chi connectivity index (χ0v) is 9.80. The molecule has 2 heteroatoms. The van der Waals surface area contributed by atoms with Crippen LogP contribution in [0.1, 0.15) is 45.4 Å². The van der Waals surface area contributed by atoms with Crippen molar-refractivity contribution in [1.29, 1.82) is 0 Å². The second kappa shape index (κ2) is 5.02. The first kappa shape index (κ1) is 11.0. The van der Waals surface area contributed by atoms with Crippen molar-refractivity contribution in [1.82, 2.24) is 5.32 Å². The van der Waals surface area contributed by atoms with Gasteiger partial charge >= 0.3 is 0 Å². The Morgan fingerprint density at radius 1 is 1.47 bits per heavy atom. The molecule has 15 heavy (non-hydrogen) atoms. The predicted molar refractivity (Wildman–Crippen MR) is 62.7 cm³/mol. The Morgan fingerprint density at radius 2 is 2.33 bits per heavy atom. The second-order valence-electron chi connectivity index (χ2n) is 5.09. The number of rotatable bonds is 6. The van der Waals surface area contributed by atoms with Crippen molar-refractivity contribution < 1.29 is 4.74 Å². The van der Waals surface area contributed by atoms with E-state index in [9.17, 15) is 0 Å². The first-order chi connectivity index (χ1) is 7.35. The van der Waals surface area contributed by atoms with Gasteiger partial charge in [0.1, 0.15) is 6.10 Å². The molecule has 1 N–H and O–H groups in total. The Hall–Kier alpha value is -0.500. The minimum absolute atomic E-state index is 0.410. The van der Waals surface area contributed by atoms with Crippen LogP contribution < -0.4 is 5.32 Å². The van der Waals surface area contributed by atoms with Crippen LogP contribution in [0.15, 0.2) is 12.3 Å². The van der Waals surface area contributed by atoms with Crippen molar-refractivity contribution in [2.24, 2.45) is 5.41 Å². The molecule has 1 aliphatic carbocycles. The molecule has 0 bridgehead atoms.